The van der Waals surface area contributed by atoms with Gasteiger partial charge in [0.05, 0.1) is 0 Å². The van der Waals surface area contributed by atoms with E-state index in [9.17, 15) is 36.3 Å². The fraction of sp³-hybridized carbons (Fsp3) is 0.200. The first-order chi connectivity index (χ1) is 11.9. The number of hydrogen-bond donors (Lipinski definition) is 2. The van der Waals surface area contributed by atoms with Gasteiger partial charge in [0.1, 0.15) is 17.1 Å². The first-order valence-electron chi connectivity index (χ1n) is 6.95. The molecule has 0 fully saturated rings. The smallest absolute Gasteiger partial charge is 0.507 e. The van der Waals surface area contributed by atoms with E-state index < -0.39 is 50.4 Å². The molecule has 0 saturated carbocycles. The molecule has 0 atom stereocenters. The number of anilines is 1. The maximum absolute atomic E-state index is 12.4. The van der Waals surface area contributed by atoms with E-state index in [1.807, 2.05) is 0 Å². The number of aryl methyl sites for hydroxylation is 1. The fourth-order valence-electron chi connectivity index (χ4n) is 2.08. The van der Waals surface area contributed by atoms with E-state index in [2.05, 4.69) is 0 Å². The Morgan fingerprint density at radius 3 is 2.50 bits per heavy atom. The van der Waals surface area contributed by atoms with E-state index in [4.69, 9.17) is 4.42 Å². The molecule has 1 aromatic carbocycles. The molecule has 0 saturated heterocycles. The van der Waals surface area contributed by atoms with E-state index in [0.29, 0.717) is 0 Å². The predicted octanol–water partition coefficient (Wildman–Crippen LogP) is 2.34. The highest BCUT2D eigenvalue weighted by molar-refractivity contribution is 7.93. The fourth-order valence-corrected chi connectivity index (χ4v) is 2.64. The number of Topliss-reactive ketones (excluding diaryl/α,β-unsaturated/α-hetero) is 1. The average Bonchev–Trinajstić information content (AvgIpc) is 2.44. The Kier molecular flexibility index (Phi) is 5.12. The maximum atomic E-state index is 12.4. The maximum Gasteiger partial charge on any atom is 0.516 e. The number of alkyl halides is 3. The molecular weight excluding hydrogens is 379 g/mol. The van der Waals surface area contributed by atoms with Gasteiger partial charge in [-0.1, -0.05) is 12.1 Å². The molecule has 0 aliphatic rings. The van der Waals surface area contributed by atoms with Gasteiger partial charge in [-0.05, 0) is 24.6 Å². The van der Waals surface area contributed by atoms with E-state index in [0.717, 1.165) is 18.2 Å². The van der Waals surface area contributed by atoms with Crippen molar-refractivity contribution in [1.82, 2.24) is 0 Å². The molecule has 0 amide bonds. The second kappa shape index (κ2) is 6.83. The van der Waals surface area contributed by atoms with Crippen LogP contribution in [0.3, 0.4) is 0 Å². The van der Waals surface area contributed by atoms with Gasteiger partial charge in [-0.2, -0.15) is 21.6 Å². The van der Waals surface area contributed by atoms with Gasteiger partial charge in [-0.25, -0.2) is 4.79 Å². The summed E-state index contributed by atoms with van der Waals surface area (Å²) in [7, 11) is -5.61. The van der Waals surface area contributed by atoms with E-state index >= 15 is 0 Å². The van der Waals surface area contributed by atoms with Gasteiger partial charge in [0.15, 0.2) is 5.78 Å². The van der Waals surface area contributed by atoms with Crippen LogP contribution in [0.4, 0.5) is 18.9 Å². The highest BCUT2D eigenvalue weighted by atomic mass is 32.2. The van der Waals surface area contributed by atoms with Crippen LogP contribution in [0.15, 0.2) is 39.5 Å². The molecule has 0 aliphatic carbocycles. The second-order valence-electron chi connectivity index (χ2n) is 5.26. The average molecular weight is 391 g/mol. The standard InChI is InChI=1S/C15H12F3NO6S/c1-8-5-11(20)13(14(22)25-8)12(21)7-9-3-2-4-10(6-9)19-26(23,24)15(16,17)18/h2-6,19-20H,7H2,1H3. The minimum absolute atomic E-state index is 0.0904. The minimum Gasteiger partial charge on any atom is -0.507 e. The van der Waals surface area contributed by atoms with Gasteiger partial charge in [-0.15, -0.1) is 0 Å². The van der Waals surface area contributed by atoms with Crippen LogP contribution in [0, 0.1) is 6.92 Å². The van der Waals surface area contributed by atoms with Crippen molar-refractivity contribution in [2.24, 2.45) is 0 Å². The zero-order chi connectivity index (χ0) is 19.7. The highest BCUT2D eigenvalue weighted by Gasteiger charge is 2.46. The van der Waals surface area contributed by atoms with Crippen molar-refractivity contribution in [2.75, 3.05) is 4.72 Å². The van der Waals surface area contributed by atoms with Crippen LogP contribution in [-0.2, 0) is 16.4 Å². The third-order valence-corrected chi connectivity index (χ3v) is 4.30. The largest absolute Gasteiger partial charge is 0.516 e. The number of benzene rings is 1. The molecule has 7 nitrogen and oxygen atoms in total. The van der Waals surface area contributed by atoms with Crippen molar-refractivity contribution in [3.05, 3.63) is 57.6 Å². The number of nitrogens with one attached hydrogen (secondary N) is 1. The number of sulfonamides is 1. The Bertz CT molecular complexity index is 1010. The number of rotatable bonds is 5. The van der Waals surface area contributed by atoms with Crippen LogP contribution in [0.1, 0.15) is 21.7 Å². The topological polar surface area (TPSA) is 114 Å². The molecule has 2 rings (SSSR count). The number of ketones is 1. The Balaban J connectivity index is 2.27. The predicted molar refractivity (Wildman–Crippen MR) is 84.5 cm³/mol. The lowest BCUT2D eigenvalue weighted by molar-refractivity contribution is -0.0429. The summed E-state index contributed by atoms with van der Waals surface area (Å²) >= 11 is 0. The number of hydrogen-bond acceptors (Lipinski definition) is 6. The number of carbonyl (C=O) groups is 1. The van der Waals surface area contributed by atoms with Crippen molar-refractivity contribution in [1.29, 1.82) is 0 Å². The number of aromatic hydroxyl groups is 1. The van der Waals surface area contributed by atoms with E-state index in [1.165, 1.54) is 23.8 Å². The summed E-state index contributed by atoms with van der Waals surface area (Å²) < 4.78 is 65.5. The lowest BCUT2D eigenvalue weighted by Crippen LogP contribution is -2.29. The second-order valence-corrected chi connectivity index (χ2v) is 6.93. The molecular formula is C15H12F3NO6S. The quantitative estimate of drug-likeness (QED) is 0.757. The normalized spacial score (nSPS) is 12.0. The first-order valence-corrected chi connectivity index (χ1v) is 8.44. The van der Waals surface area contributed by atoms with Crippen molar-refractivity contribution in [3.8, 4) is 5.75 Å². The lowest BCUT2D eigenvalue weighted by Gasteiger charge is -2.11. The third kappa shape index (κ3) is 4.23. The van der Waals surface area contributed by atoms with Gasteiger partial charge in [0.25, 0.3) is 0 Å². The van der Waals surface area contributed by atoms with Gasteiger partial charge in [0.2, 0.25) is 0 Å². The molecule has 0 spiro atoms. The molecule has 0 unspecified atom stereocenters. The SMILES string of the molecule is Cc1cc(O)c(C(=O)Cc2cccc(NS(=O)(=O)C(F)(F)F)c2)c(=O)o1. The Hall–Kier alpha value is -2.82. The number of carbonyl (C=O) groups excluding carboxylic acids is 1. The van der Waals surface area contributed by atoms with Gasteiger partial charge < -0.3 is 9.52 Å². The third-order valence-electron chi connectivity index (χ3n) is 3.18. The van der Waals surface area contributed by atoms with E-state index in [1.54, 1.807) is 0 Å². The van der Waals surface area contributed by atoms with Crippen molar-refractivity contribution in [2.45, 2.75) is 18.9 Å². The van der Waals surface area contributed by atoms with Crippen LogP contribution in [-0.4, -0.2) is 24.8 Å². The van der Waals surface area contributed by atoms with Gasteiger partial charge in [-0.3, -0.25) is 9.52 Å². The van der Waals surface area contributed by atoms with Gasteiger partial charge in [0, 0.05) is 18.2 Å². The molecule has 140 valence electrons. The summed E-state index contributed by atoms with van der Waals surface area (Å²) in [6, 6.07) is 5.72. The molecule has 1 aromatic heterocycles. The lowest BCUT2D eigenvalue weighted by atomic mass is 10.0. The molecule has 2 N–H and O–H groups in total. The molecule has 1 heterocycles. The number of halogens is 3. The molecule has 2 aromatic rings. The molecule has 11 heteroatoms. The minimum atomic E-state index is -5.61. The molecule has 0 aliphatic heterocycles. The summed E-state index contributed by atoms with van der Waals surface area (Å²) in [6.07, 6.45) is -0.469. The summed E-state index contributed by atoms with van der Waals surface area (Å²) in [5, 5.41) is 9.72. The summed E-state index contributed by atoms with van der Waals surface area (Å²) in [4.78, 5) is 23.9. The van der Waals surface area contributed by atoms with Crippen LogP contribution in [0.25, 0.3) is 0 Å². The zero-order valence-electron chi connectivity index (χ0n) is 13.1. The summed E-state index contributed by atoms with van der Waals surface area (Å²) in [5.74, 6) is -1.34. The van der Waals surface area contributed by atoms with Crippen LogP contribution < -0.4 is 10.3 Å². The Morgan fingerprint density at radius 1 is 1.27 bits per heavy atom. The molecule has 0 bridgehead atoms. The Labute approximate surface area is 145 Å². The summed E-state index contributed by atoms with van der Waals surface area (Å²) in [5.41, 5.74) is -7.44. The van der Waals surface area contributed by atoms with Crippen LogP contribution in [0.5, 0.6) is 5.75 Å². The van der Waals surface area contributed by atoms with Gasteiger partial charge >= 0.3 is 21.2 Å². The summed E-state index contributed by atoms with van der Waals surface area (Å²) in [6.45, 7) is 1.39. The first kappa shape index (κ1) is 19.5. The molecule has 0 radical (unpaired) electrons. The van der Waals surface area contributed by atoms with Crippen LogP contribution >= 0.6 is 0 Å². The molecule has 26 heavy (non-hydrogen) atoms. The highest BCUT2D eigenvalue weighted by Crippen LogP contribution is 2.26. The monoisotopic (exact) mass is 391 g/mol. The van der Waals surface area contributed by atoms with Crippen molar-refractivity contribution in [3.63, 3.8) is 0 Å². The van der Waals surface area contributed by atoms with Crippen molar-refractivity contribution < 1.29 is 35.9 Å². The van der Waals surface area contributed by atoms with Crippen molar-refractivity contribution >= 4 is 21.5 Å². The van der Waals surface area contributed by atoms with Crippen LogP contribution in [0.2, 0.25) is 0 Å². The Morgan fingerprint density at radius 2 is 1.92 bits per heavy atom. The van der Waals surface area contributed by atoms with E-state index in [-0.39, 0.29) is 11.3 Å². The zero-order valence-corrected chi connectivity index (χ0v) is 13.9.